The van der Waals surface area contributed by atoms with Gasteiger partial charge in [-0.1, -0.05) is 38.0 Å². The first-order chi connectivity index (χ1) is 16.0. The van der Waals surface area contributed by atoms with Crippen molar-refractivity contribution in [3.63, 3.8) is 0 Å². The van der Waals surface area contributed by atoms with Crippen LogP contribution in [0.2, 0.25) is 0 Å². The van der Waals surface area contributed by atoms with E-state index >= 15 is 0 Å². The van der Waals surface area contributed by atoms with Crippen molar-refractivity contribution in [3.05, 3.63) is 40.3 Å². The molecule has 1 aliphatic rings. The highest BCUT2D eigenvalue weighted by Gasteiger charge is 2.19. The van der Waals surface area contributed by atoms with Gasteiger partial charge in [-0.25, -0.2) is 4.68 Å². The number of fused-ring (bicyclic) bond motifs is 1. The van der Waals surface area contributed by atoms with Gasteiger partial charge in [-0.3, -0.25) is 30.0 Å². The van der Waals surface area contributed by atoms with Crippen LogP contribution in [0.4, 0.5) is 0 Å². The second-order valence-corrected chi connectivity index (χ2v) is 8.60. The van der Waals surface area contributed by atoms with Gasteiger partial charge >= 0.3 is 0 Å². The van der Waals surface area contributed by atoms with Crippen LogP contribution in [0.25, 0.3) is 10.8 Å². The fourth-order valence-electron chi connectivity index (χ4n) is 3.42. The average molecular weight is 476 g/mol. The van der Waals surface area contributed by atoms with Gasteiger partial charge in [0.05, 0.1) is 30.1 Å². The zero-order valence-electron chi connectivity index (χ0n) is 18.7. The first-order valence-electron chi connectivity index (χ1n) is 11.0. The number of amides is 3. The number of hydrogen-bond acceptors (Lipinski definition) is 7. The topological polar surface area (TPSA) is 123 Å². The molecule has 178 valence electrons. The average Bonchev–Trinajstić information content (AvgIpc) is 2.84. The number of aryl methyl sites for hydroxylation is 1. The minimum absolute atomic E-state index is 0.0149. The lowest BCUT2D eigenvalue weighted by atomic mass is 10.1. The predicted octanol–water partition coefficient (Wildman–Crippen LogP) is 0.940. The van der Waals surface area contributed by atoms with E-state index in [4.69, 9.17) is 4.74 Å². The highest BCUT2D eigenvalue weighted by Crippen LogP contribution is 2.13. The summed E-state index contributed by atoms with van der Waals surface area (Å²) in [6.07, 6.45) is 2.72. The number of nitrogens with one attached hydrogen (secondary N) is 2. The maximum Gasteiger partial charge on any atom is 0.290 e. The normalized spacial score (nSPS) is 13.7. The maximum absolute atomic E-state index is 12.8. The van der Waals surface area contributed by atoms with Gasteiger partial charge < -0.3 is 9.64 Å². The highest BCUT2D eigenvalue weighted by molar-refractivity contribution is 8.00. The molecule has 1 saturated heterocycles. The first kappa shape index (κ1) is 24.7. The zero-order chi connectivity index (χ0) is 23.6. The molecule has 0 bridgehead atoms. The lowest BCUT2D eigenvalue weighted by molar-refractivity contribution is -0.132. The van der Waals surface area contributed by atoms with Crippen molar-refractivity contribution in [2.75, 3.05) is 37.8 Å². The molecule has 11 heteroatoms. The van der Waals surface area contributed by atoms with E-state index in [1.165, 1.54) is 16.4 Å². The SMILES string of the molecule is CCCCCn1nc(C(=O)NNC(=O)CSCC(=O)N2CCOCC2)c2ccccc2c1=O. The summed E-state index contributed by atoms with van der Waals surface area (Å²) in [6.45, 7) is 4.65. The summed E-state index contributed by atoms with van der Waals surface area (Å²) in [7, 11) is 0. The molecule has 2 aromatic rings. The summed E-state index contributed by atoms with van der Waals surface area (Å²) in [5.74, 6) is -0.903. The molecule has 1 aromatic heterocycles. The Bertz CT molecular complexity index is 1050. The molecule has 2 heterocycles. The minimum atomic E-state index is -0.613. The molecule has 3 amide bonds. The predicted molar refractivity (Wildman–Crippen MR) is 126 cm³/mol. The number of morpholine rings is 1. The van der Waals surface area contributed by atoms with Crippen LogP contribution in [0, 0.1) is 0 Å². The van der Waals surface area contributed by atoms with Crippen LogP contribution in [-0.4, -0.2) is 70.2 Å². The van der Waals surface area contributed by atoms with Crippen LogP contribution in [-0.2, 0) is 20.9 Å². The number of carbonyl (C=O) groups excluding carboxylic acids is 3. The van der Waals surface area contributed by atoms with Gasteiger partial charge in [0, 0.05) is 25.0 Å². The van der Waals surface area contributed by atoms with Crippen LogP contribution in [0.15, 0.2) is 29.1 Å². The number of hydrazine groups is 1. The molecule has 2 N–H and O–H groups in total. The molecule has 1 aliphatic heterocycles. The largest absolute Gasteiger partial charge is 0.378 e. The molecule has 0 spiro atoms. The molecule has 0 radical (unpaired) electrons. The summed E-state index contributed by atoms with van der Waals surface area (Å²) >= 11 is 1.17. The van der Waals surface area contributed by atoms with Crippen molar-refractivity contribution in [3.8, 4) is 0 Å². The second kappa shape index (κ2) is 12.4. The van der Waals surface area contributed by atoms with Gasteiger partial charge in [0.15, 0.2) is 5.69 Å². The van der Waals surface area contributed by atoms with E-state index in [1.807, 2.05) is 0 Å². The Balaban J connectivity index is 1.57. The number of aromatic nitrogens is 2. The Morgan fingerprint density at radius 1 is 1.06 bits per heavy atom. The third-order valence-electron chi connectivity index (χ3n) is 5.19. The summed E-state index contributed by atoms with van der Waals surface area (Å²) in [5.41, 5.74) is 4.54. The Hall–Kier alpha value is -2.92. The third-order valence-corrected chi connectivity index (χ3v) is 6.11. The third kappa shape index (κ3) is 6.78. The van der Waals surface area contributed by atoms with E-state index in [0.717, 1.165) is 19.3 Å². The van der Waals surface area contributed by atoms with Crippen LogP contribution >= 0.6 is 11.8 Å². The Morgan fingerprint density at radius 3 is 2.52 bits per heavy atom. The van der Waals surface area contributed by atoms with Crippen LogP contribution in [0.3, 0.4) is 0 Å². The van der Waals surface area contributed by atoms with E-state index in [1.54, 1.807) is 29.2 Å². The van der Waals surface area contributed by atoms with Crippen molar-refractivity contribution < 1.29 is 19.1 Å². The van der Waals surface area contributed by atoms with Gasteiger partial charge in [0.2, 0.25) is 11.8 Å². The molecule has 0 atom stereocenters. The van der Waals surface area contributed by atoms with E-state index in [9.17, 15) is 19.2 Å². The Morgan fingerprint density at radius 2 is 1.79 bits per heavy atom. The van der Waals surface area contributed by atoms with Crippen molar-refractivity contribution in [2.45, 2.75) is 32.7 Å². The quantitative estimate of drug-likeness (QED) is 0.409. The number of unbranched alkanes of at least 4 members (excludes halogenated alkanes) is 2. The number of nitrogens with zero attached hydrogens (tertiary/aromatic N) is 3. The lowest BCUT2D eigenvalue weighted by Gasteiger charge is -2.26. The minimum Gasteiger partial charge on any atom is -0.378 e. The molecule has 0 aliphatic carbocycles. The maximum atomic E-state index is 12.8. The molecule has 0 saturated carbocycles. The van der Waals surface area contributed by atoms with E-state index in [-0.39, 0.29) is 28.7 Å². The number of thioether (sulfide) groups is 1. The Kier molecular flexibility index (Phi) is 9.25. The number of hydrogen-bond donors (Lipinski definition) is 2. The van der Waals surface area contributed by atoms with Gasteiger partial charge in [0.25, 0.3) is 11.5 Å². The molecule has 10 nitrogen and oxygen atoms in total. The van der Waals surface area contributed by atoms with E-state index in [2.05, 4.69) is 22.9 Å². The zero-order valence-corrected chi connectivity index (χ0v) is 19.5. The van der Waals surface area contributed by atoms with E-state index < -0.39 is 11.8 Å². The van der Waals surface area contributed by atoms with Crippen LogP contribution in [0.5, 0.6) is 0 Å². The van der Waals surface area contributed by atoms with Gasteiger partial charge in [-0.2, -0.15) is 5.10 Å². The summed E-state index contributed by atoms with van der Waals surface area (Å²) in [6, 6.07) is 6.78. The van der Waals surface area contributed by atoms with Crippen molar-refractivity contribution in [1.29, 1.82) is 0 Å². The highest BCUT2D eigenvalue weighted by atomic mass is 32.2. The number of benzene rings is 1. The standard InChI is InChI=1S/C22H29N5O5S/c1-2-3-6-9-27-22(31)17-8-5-4-7-16(17)20(25-27)21(30)24-23-18(28)14-33-15-19(29)26-10-12-32-13-11-26/h4-5,7-8H,2-3,6,9-15H2,1H3,(H,23,28)(H,24,30). The smallest absolute Gasteiger partial charge is 0.290 e. The number of ether oxygens (including phenoxy) is 1. The Labute approximate surface area is 196 Å². The molecular formula is C22H29N5O5S. The molecule has 3 rings (SSSR count). The van der Waals surface area contributed by atoms with Crippen LogP contribution < -0.4 is 16.4 Å². The van der Waals surface area contributed by atoms with Gasteiger partial charge in [0.1, 0.15) is 0 Å². The first-order valence-corrected chi connectivity index (χ1v) is 12.2. The van der Waals surface area contributed by atoms with Crippen LogP contribution in [0.1, 0.15) is 36.7 Å². The molecule has 33 heavy (non-hydrogen) atoms. The second-order valence-electron chi connectivity index (χ2n) is 7.62. The fraction of sp³-hybridized carbons (Fsp3) is 0.500. The molecule has 1 aromatic carbocycles. The molecule has 1 fully saturated rings. The summed E-state index contributed by atoms with van der Waals surface area (Å²) in [4.78, 5) is 51.4. The fourth-order valence-corrected chi connectivity index (χ4v) is 4.14. The van der Waals surface area contributed by atoms with Crippen molar-refractivity contribution >= 4 is 40.3 Å². The summed E-state index contributed by atoms with van der Waals surface area (Å²) in [5, 5.41) is 5.09. The van der Waals surface area contributed by atoms with Crippen molar-refractivity contribution in [2.24, 2.45) is 0 Å². The number of rotatable bonds is 9. The van der Waals surface area contributed by atoms with Crippen molar-refractivity contribution in [1.82, 2.24) is 25.5 Å². The lowest BCUT2D eigenvalue weighted by Crippen LogP contribution is -2.44. The molecular weight excluding hydrogens is 446 g/mol. The summed E-state index contributed by atoms with van der Waals surface area (Å²) < 4.78 is 6.53. The van der Waals surface area contributed by atoms with Gasteiger partial charge in [-0.15, -0.1) is 11.8 Å². The van der Waals surface area contributed by atoms with E-state index in [0.29, 0.717) is 43.6 Å². The monoisotopic (exact) mass is 475 g/mol. The molecule has 0 unspecified atom stereocenters. The number of carbonyl (C=O) groups is 3. The van der Waals surface area contributed by atoms with Gasteiger partial charge in [-0.05, 0) is 12.5 Å².